The lowest BCUT2D eigenvalue weighted by Gasteiger charge is -2.20. The molecule has 1 unspecified atom stereocenters. The first kappa shape index (κ1) is 16.4. The summed E-state index contributed by atoms with van der Waals surface area (Å²) >= 11 is 1.42. The first-order valence-corrected chi connectivity index (χ1v) is 8.53. The summed E-state index contributed by atoms with van der Waals surface area (Å²) in [6.07, 6.45) is 0.465. The number of carbonyl (C=O) groups is 2. The van der Waals surface area contributed by atoms with E-state index in [9.17, 15) is 14.7 Å². The van der Waals surface area contributed by atoms with Crippen LogP contribution in [0.3, 0.4) is 0 Å². The average Bonchev–Trinajstić information content (AvgIpc) is 3.13. The first-order valence-electron chi connectivity index (χ1n) is 7.71. The summed E-state index contributed by atoms with van der Waals surface area (Å²) in [6.45, 7) is 4.19. The fraction of sp³-hybridized carbons (Fsp3) is 0.353. The fourth-order valence-electron chi connectivity index (χ4n) is 2.70. The number of carbonyl (C=O) groups excluding carboxylic acids is 1. The van der Waals surface area contributed by atoms with Crippen molar-refractivity contribution < 1.29 is 14.7 Å². The number of benzene rings is 1. The molecule has 1 atom stereocenters. The first-order chi connectivity index (χ1) is 11.4. The lowest BCUT2D eigenvalue weighted by Crippen LogP contribution is -2.37. The zero-order chi connectivity index (χ0) is 17.3. The molecule has 6 nitrogen and oxygen atoms in total. The van der Waals surface area contributed by atoms with E-state index in [2.05, 4.69) is 10.3 Å². The van der Waals surface area contributed by atoms with Crippen molar-refractivity contribution in [2.24, 2.45) is 5.41 Å². The van der Waals surface area contributed by atoms with Crippen molar-refractivity contribution in [2.45, 2.75) is 20.3 Å². The van der Waals surface area contributed by atoms with Crippen LogP contribution in [-0.2, 0) is 4.79 Å². The average molecular weight is 345 g/mol. The smallest absolute Gasteiger partial charge is 0.322 e. The number of thiazole rings is 1. The number of rotatable bonds is 3. The fourth-order valence-corrected chi connectivity index (χ4v) is 3.66. The number of nitrogens with zero attached hydrogens (tertiary/aromatic N) is 2. The van der Waals surface area contributed by atoms with Crippen molar-refractivity contribution >= 4 is 28.3 Å². The molecule has 24 heavy (non-hydrogen) atoms. The Bertz CT molecular complexity index is 775. The number of hydrogen-bond acceptors (Lipinski definition) is 4. The number of aryl methyl sites for hydroxylation is 1. The molecule has 0 radical (unpaired) electrons. The Labute approximate surface area is 144 Å². The Morgan fingerprint density at radius 1 is 1.33 bits per heavy atom. The number of hydrogen-bond donors (Lipinski definition) is 2. The molecule has 126 valence electrons. The second kappa shape index (κ2) is 6.24. The van der Waals surface area contributed by atoms with Crippen molar-refractivity contribution in [1.29, 1.82) is 0 Å². The Balaban J connectivity index is 1.72. The van der Waals surface area contributed by atoms with Crippen LogP contribution in [0.1, 0.15) is 19.0 Å². The van der Waals surface area contributed by atoms with Gasteiger partial charge in [0, 0.05) is 18.7 Å². The summed E-state index contributed by atoms with van der Waals surface area (Å²) in [7, 11) is 0. The van der Waals surface area contributed by atoms with Crippen molar-refractivity contribution in [3.05, 3.63) is 36.0 Å². The Hall–Kier alpha value is -2.41. The summed E-state index contributed by atoms with van der Waals surface area (Å²) in [5, 5.41) is 13.7. The number of anilines is 1. The third kappa shape index (κ3) is 3.12. The maximum atomic E-state index is 12.4. The summed E-state index contributed by atoms with van der Waals surface area (Å²) < 4.78 is 0. The van der Waals surface area contributed by atoms with Gasteiger partial charge in [-0.05, 0) is 20.3 Å². The minimum Gasteiger partial charge on any atom is -0.481 e. The number of urea groups is 1. The van der Waals surface area contributed by atoms with E-state index in [-0.39, 0.29) is 12.6 Å². The van der Waals surface area contributed by atoms with Gasteiger partial charge in [-0.2, -0.15) is 0 Å². The van der Waals surface area contributed by atoms with Crippen LogP contribution in [0.4, 0.5) is 9.80 Å². The van der Waals surface area contributed by atoms with E-state index < -0.39 is 11.4 Å². The van der Waals surface area contributed by atoms with Gasteiger partial charge in [0.25, 0.3) is 0 Å². The molecule has 1 aromatic carbocycles. The van der Waals surface area contributed by atoms with E-state index in [4.69, 9.17) is 0 Å². The van der Waals surface area contributed by atoms with Gasteiger partial charge in [-0.3, -0.25) is 10.1 Å². The van der Waals surface area contributed by atoms with E-state index >= 15 is 0 Å². The predicted octanol–water partition coefficient (Wildman–Crippen LogP) is 3.45. The van der Waals surface area contributed by atoms with Gasteiger partial charge < -0.3 is 10.0 Å². The minimum absolute atomic E-state index is 0.220. The van der Waals surface area contributed by atoms with Crippen molar-refractivity contribution in [3.8, 4) is 10.6 Å². The van der Waals surface area contributed by atoms with Crippen molar-refractivity contribution in [2.75, 3.05) is 18.4 Å². The third-order valence-corrected chi connectivity index (χ3v) is 5.44. The zero-order valence-corrected chi connectivity index (χ0v) is 14.4. The van der Waals surface area contributed by atoms with Gasteiger partial charge in [0.15, 0.2) is 0 Å². The molecule has 7 heteroatoms. The highest BCUT2D eigenvalue weighted by atomic mass is 32.1. The third-order valence-electron chi connectivity index (χ3n) is 4.31. The molecule has 0 aliphatic carbocycles. The molecule has 0 spiro atoms. The standard InChI is InChI=1S/C17H19N3O3S/c1-11-13(24-14(18-11)12-6-4-3-5-7-12)19-16(23)20-9-8-17(2,10-20)15(21)22/h3-7H,8-10H2,1-2H3,(H,19,23)(H,21,22). The Morgan fingerprint density at radius 2 is 2.04 bits per heavy atom. The quantitative estimate of drug-likeness (QED) is 0.892. The highest BCUT2D eigenvalue weighted by molar-refractivity contribution is 7.19. The molecule has 2 N–H and O–H groups in total. The molecule has 2 amide bonds. The molecule has 2 heterocycles. The lowest BCUT2D eigenvalue weighted by atomic mass is 9.90. The zero-order valence-electron chi connectivity index (χ0n) is 13.6. The number of carboxylic acids is 1. The van der Waals surface area contributed by atoms with E-state index in [1.54, 1.807) is 11.8 Å². The largest absolute Gasteiger partial charge is 0.481 e. The van der Waals surface area contributed by atoms with E-state index in [1.165, 1.54) is 11.3 Å². The molecule has 0 bridgehead atoms. The normalized spacial score (nSPS) is 20.2. The molecule has 1 aliphatic rings. The maximum Gasteiger partial charge on any atom is 0.322 e. The van der Waals surface area contributed by atoms with Gasteiger partial charge in [0.1, 0.15) is 10.0 Å². The van der Waals surface area contributed by atoms with Crippen molar-refractivity contribution in [3.63, 3.8) is 0 Å². The Morgan fingerprint density at radius 3 is 2.67 bits per heavy atom. The van der Waals surface area contributed by atoms with Crippen LogP contribution in [0, 0.1) is 12.3 Å². The molecular weight excluding hydrogens is 326 g/mol. The molecule has 0 saturated carbocycles. The van der Waals surface area contributed by atoms with Crippen molar-refractivity contribution in [1.82, 2.24) is 9.88 Å². The van der Waals surface area contributed by atoms with Gasteiger partial charge in [-0.15, -0.1) is 0 Å². The summed E-state index contributed by atoms with van der Waals surface area (Å²) in [4.78, 5) is 29.8. The number of amides is 2. The van der Waals surface area contributed by atoms with E-state index in [0.29, 0.717) is 18.0 Å². The van der Waals surface area contributed by atoms with Gasteiger partial charge in [-0.1, -0.05) is 41.7 Å². The molecule has 1 fully saturated rings. The minimum atomic E-state index is -0.866. The number of aromatic nitrogens is 1. The van der Waals surface area contributed by atoms with Crippen LogP contribution in [0.25, 0.3) is 10.6 Å². The molecule has 1 aliphatic heterocycles. The lowest BCUT2D eigenvalue weighted by molar-refractivity contribution is -0.146. The van der Waals surface area contributed by atoms with Crippen LogP contribution in [-0.4, -0.2) is 40.1 Å². The summed E-state index contributed by atoms with van der Waals surface area (Å²) in [5.74, 6) is -0.863. The topological polar surface area (TPSA) is 82.5 Å². The SMILES string of the molecule is Cc1nc(-c2ccccc2)sc1NC(=O)N1CCC(C)(C(=O)O)C1. The van der Waals surface area contributed by atoms with Gasteiger partial charge in [0.05, 0.1) is 11.1 Å². The van der Waals surface area contributed by atoms with Crippen LogP contribution in [0.15, 0.2) is 30.3 Å². The van der Waals surface area contributed by atoms with Crippen LogP contribution < -0.4 is 5.32 Å². The van der Waals surface area contributed by atoms with Crippen LogP contribution in [0.5, 0.6) is 0 Å². The molecule has 1 saturated heterocycles. The Kier molecular flexibility index (Phi) is 4.28. The highest BCUT2D eigenvalue weighted by Crippen LogP contribution is 2.33. The van der Waals surface area contributed by atoms with Gasteiger partial charge in [-0.25, -0.2) is 9.78 Å². The number of likely N-dealkylation sites (tertiary alicyclic amines) is 1. The van der Waals surface area contributed by atoms with E-state index in [0.717, 1.165) is 16.3 Å². The predicted molar refractivity (Wildman–Crippen MR) is 93.2 cm³/mol. The van der Waals surface area contributed by atoms with Crippen LogP contribution >= 0.6 is 11.3 Å². The molecule has 2 aromatic rings. The maximum absolute atomic E-state index is 12.4. The second-order valence-corrected chi connectivity index (χ2v) is 7.27. The molecular formula is C17H19N3O3S. The summed E-state index contributed by atoms with van der Waals surface area (Å²) in [5.41, 5.74) is 0.896. The van der Waals surface area contributed by atoms with Crippen LogP contribution in [0.2, 0.25) is 0 Å². The second-order valence-electron chi connectivity index (χ2n) is 6.27. The molecule has 3 rings (SSSR count). The number of carboxylic acid groups (broad SMARTS) is 1. The van der Waals surface area contributed by atoms with E-state index in [1.807, 2.05) is 37.3 Å². The van der Waals surface area contributed by atoms with Gasteiger partial charge >= 0.3 is 12.0 Å². The monoisotopic (exact) mass is 345 g/mol. The molecule has 1 aromatic heterocycles. The highest BCUT2D eigenvalue weighted by Gasteiger charge is 2.42. The number of aliphatic carboxylic acids is 1. The van der Waals surface area contributed by atoms with Gasteiger partial charge in [0.2, 0.25) is 0 Å². The number of nitrogens with one attached hydrogen (secondary N) is 1. The summed E-state index contributed by atoms with van der Waals surface area (Å²) in [6, 6.07) is 9.51.